The van der Waals surface area contributed by atoms with Crippen molar-refractivity contribution in [3.8, 4) is 0 Å². The summed E-state index contributed by atoms with van der Waals surface area (Å²) in [5.74, 6) is 0.741. The van der Waals surface area contributed by atoms with Crippen LogP contribution < -0.4 is 4.31 Å². The Hall–Kier alpha value is -2.41. The molecule has 1 fully saturated rings. The van der Waals surface area contributed by atoms with Gasteiger partial charge in [0.25, 0.3) is 15.9 Å². The smallest absolute Gasteiger partial charge is 0.272 e. The van der Waals surface area contributed by atoms with Crippen LogP contribution in [-0.4, -0.2) is 44.3 Å². The Morgan fingerprint density at radius 2 is 1.74 bits per heavy atom. The second-order valence-electron chi connectivity index (χ2n) is 7.34. The molecule has 2 aromatic rings. The van der Waals surface area contributed by atoms with Crippen molar-refractivity contribution < 1.29 is 13.2 Å². The first-order valence-electron chi connectivity index (χ1n) is 9.08. The molecule has 7 heteroatoms. The van der Waals surface area contributed by atoms with Gasteiger partial charge in [-0.2, -0.15) is 0 Å². The number of likely N-dealkylation sites (tertiary alicyclic amines) is 1. The van der Waals surface area contributed by atoms with E-state index in [0.717, 1.165) is 6.42 Å². The van der Waals surface area contributed by atoms with E-state index in [0.29, 0.717) is 30.6 Å². The van der Waals surface area contributed by atoms with Crippen LogP contribution in [0, 0.1) is 11.8 Å². The van der Waals surface area contributed by atoms with Gasteiger partial charge in [-0.1, -0.05) is 32.0 Å². The van der Waals surface area contributed by atoms with E-state index < -0.39 is 10.0 Å². The maximum Gasteiger partial charge on any atom is 0.272 e. The lowest BCUT2D eigenvalue weighted by Crippen LogP contribution is -2.42. The van der Waals surface area contributed by atoms with Gasteiger partial charge in [0.1, 0.15) is 5.69 Å². The number of amides is 1. The van der Waals surface area contributed by atoms with Gasteiger partial charge < -0.3 is 4.90 Å². The quantitative estimate of drug-likeness (QED) is 0.809. The van der Waals surface area contributed by atoms with Crippen LogP contribution >= 0.6 is 0 Å². The number of piperidine rings is 1. The second-order valence-corrected chi connectivity index (χ2v) is 9.31. The van der Waals surface area contributed by atoms with Crippen LogP contribution in [0.2, 0.25) is 0 Å². The molecule has 1 amide bonds. The number of sulfonamides is 1. The van der Waals surface area contributed by atoms with Gasteiger partial charge in [0.15, 0.2) is 0 Å². The van der Waals surface area contributed by atoms with Gasteiger partial charge in [-0.25, -0.2) is 8.42 Å². The summed E-state index contributed by atoms with van der Waals surface area (Å²) < 4.78 is 26.8. The van der Waals surface area contributed by atoms with Crippen LogP contribution in [0.3, 0.4) is 0 Å². The molecule has 0 radical (unpaired) electrons. The number of anilines is 1. The highest BCUT2D eigenvalue weighted by molar-refractivity contribution is 7.92. The highest BCUT2D eigenvalue weighted by atomic mass is 32.2. The van der Waals surface area contributed by atoms with Gasteiger partial charge in [-0.05, 0) is 42.5 Å². The average Bonchev–Trinajstić information content (AvgIpc) is 2.66. The van der Waals surface area contributed by atoms with E-state index in [4.69, 9.17) is 0 Å². The van der Waals surface area contributed by atoms with Gasteiger partial charge in [0, 0.05) is 26.3 Å². The Balaban J connectivity index is 1.86. The number of carbonyl (C=O) groups is 1. The number of pyridine rings is 1. The average molecular weight is 388 g/mol. The maximum atomic E-state index is 12.9. The summed E-state index contributed by atoms with van der Waals surface area (Å²) in [7, 11) is -2.21. The van der Waals surface area contributed by atoms with E-state index in [1.54, 1.807) is 42.5 Å². The molecule has 6 nitrogen and oxygen atoms in total. The topological polar surface area (TPSA) is 70.6 Å². The zero-order valence-corrected chi connectivity index (χ0v) is 16.7. The highest BCUT2D eigenvalue weighted by Gasteiger charge is 2.28. The van der Waals surface area contributed by atoms with Crippen LogP contribution in [0.1, 0.15) is 30.8 Å². The van der Waals surface area contributed by atoms with Gasteiger partial charge >= 0.3 is 0 Å². The lowest BCUT2D eigenvalue weighted by molar-refractivity contribution is 0.0617. The normalized spacial score (nSPS) is 20.3. The van der Waals surface area contributed by atoms with Crippen LogP contribution in [0.25, 0.3) is 0 Å². The minimum absolute atomic E-state index is 0.152. The molecule has 1 aliphatic heterocycles. The molecule has 1 aromatic heterocycles. The third-order valence-electron chi connectivity index (χ3n) is 4.88. The molecule has 2 atom stereocenters. The molecule has 1 aromatic carbocycles. The molecule has 2 heterocycles. The molecule has 0 bridgehead atoms. The molecule has 1 aliphatic rings. The minimum Gasteiger partial charge on any atom is -0.337 e. The summed E-state index contributed by atoms with van der Waals surface area (Å²) >= 11 is 0. The van der Waals surface area contributed by atoms with E-state index in [-0.39, 0.29) is 16.5 Å². The zero-order valence-electron chi connectivity index (χ0n) is 15.9. The van der Waals surface area contributed by atoms with Crippen LogP contribution in [0.4, 0.5) is 5.69 Å². The summed E-state index contributed by atoms with van der Waals surface area (Å²) in [4.78, 5) is 19.1. The van der Waals surface area contributed by atoms with Crippen molar-refractivity contribution in [2.45, 2.75) is 25.2 Å². The van der Waals surface area contributed by atoms with Gasteiger partial charge in [-0.3, -0.25) is 14.1 Å². The lowest BCUT2D eigenvalue weighted by atomic mass is 9.92. The second kappa shape index (κ2) is 7.68. The van der Waals surface area contributed by atoms with Crippen molar-refractivity contribution in [1.82, 2.24) is 9.88 Å². The van der Waals surface area contributed by atoms with Crippen molar-refractivity contribution >= 4 is 21.6 Å². The van der Waals surface area contributed by atoms with E-state index in [9.17, 15) is 13.2 Å². The van der Waals surface area contributed by atoms with E-state index in [1.165, 1.54) is 17.5 Å². The number of nitrogens with zero attached hydrogens (tertiary/aromatic N) is 3. The van der Waals surface area contributed by atoms with E-state index in [2.05, 4.69) is 18.8 Å². The largest absolute Gasteiger partial charge is 0.337 e. The fourth-order valence-electron chi connectivity index (χ4n) is 3.61. The van der Waals surface area contributed by atoms with E-state index in [1.807, 2.05) is 4.90 Å². The lowest BCUT2D eigenvalue weighted by Gasteiger charge is -2.34. The number of hydrogen-bond donors (Lipinski definition) is 0. The fourth-order valence-corrected chi connectivity index (χ4v) is 4.82. The predicted octanol–water partition coefficient (Wildman–Crippen LogP) is 3.02. The molecule has 3 rings (SSSR count). The van der Waals surface area contributed by atoms with E-state index >= 15 is 0 Å². The van der Waals surface area contributed by atoms with Crippen LogP contribution in [0.5, 0.6) is 0 Å². The fraction of sp³-hybridized carbons (Fsp3) is 0.400. The molecule has 144 valence electrons. The standard InChI is InChI=1S/C20H25N3O3S/c1-15-11-16(2)14-23(13-15)20(24)19-12-17(9-10-21-19)22(3)27(25,26)18-7-5-4-6-8-18/h4-10,12,15-16H,11,13-14H2,1-3H3/t15-,16+. The summed E-state index contributed by atoms with van der Waals surface area (Å²) in [6.07, 6.45) is 2.59. The van der Waals surface area contributed by atoms with Crippen molar-refractivity contribution in [3.05, 3.63) is 54.4 Å². The monoisotopic (exact) mass is 387 g/mol. The third kappa shape index (κ3) is 4.13. The molecule has 27 heavy (non-hydrogen) atoms. The van der Waals surface area contributed by atoms with Gasteiger partial charge in [0.2, 0.25) is 0 Å². The molecule has 0 saturated carbocycles. The highest BCUT2D eigenvalue weighted by Crippen LogP contribution is 2.25. The first-order valence-corrected chi connectivity index (χ1v) is 10.5. The molecule has 1 saturated heterocycles. The number of aromatic nitrogens is 1. The summed E-state index contributed by atoms with van der Waals surface area (Å²) in [6.45, 7) is 5.68. The number of benzene rings is 1. The molecular formula is C20H25N3O3S. The van der Waals surface area contributed by atoms with Crippen molar-refractivity contribution in [1.29, 1.82) is 0 Å². The maximum absolute atomic E-state index is 12.9. The Kier molecular flexibility index (Phi) is 5.51. The number of rotatable bonds is 4. The number of carbonyl (C=O) groups excluding carboxylic acids is 1. The van der Waals surface area contributed by atoms with Crippen LogP contribution in [-0.2, 0) is 10.0 Å². The zero-order chi connectivity index (χ0) is 19.6. The Bertz CT molecular complexity index is 905. The third-order valence-corrected chi connectivity index (χ3v) is 6.68. The first kappa shape index (κ1) is 19.4. The SMILES string of the molecule is C[C@@H]1C[C@H](C)CN(C(=O)c2cc(N(C)S(=O)(=O)c3ccccc3)ccn2)C1. The van der Waals surface area contributed by atoms with Crippen molar-refractivity contribution in [2.24, 2.45) is 11.8 Å². The Morgan fingerprint density at radius 3 is 2.37 bits per heavy atom. The molecule has 0 spiro atoms. The summed E-state index contributed by atoms with van der Waals surface area (Å²) in [5.41, 5.74) is 0.680. The summed E-state index contributed by atoms with van der Waals surface area (Å²) in [6, 6.07) is 11.4. The van der Waals surface area contributed by atoms with Crippen molar-refractivity contribution in [3.63, 3.8) is 0 Å². The van der Waals surface area contributed by atoms with Crippen LogP contribution in [0.15, 0.2) is 53.6 Å². The minimum atomic E-state index is -3.70. The Morgan fingerprint density at radius 1 is 1.11 bits per heavy atom. The van der Waals surface area contributed by atoms with Gasteiger partial charge in [0.05, 0.1) is 10.6 Å². The van der Waals surface area contributed by atoms with Gasteiger partial charge in [-0.15, -0.1) is 0 Å². The molecular weight excluding hydrogens is 362 g/mol. The first-order chi connectivity index (χ1) is 12.8. The molecule has 0 N–H and O–H groups in total. The van der Waals surface area contributed by atoms with Crippen molar-refractivity contribution in [2.75, 3.05) is 24.4 Å². The molecule has 0 unspecified atom stereocenters. The predicted molar refractivity (Wildman–Crippen MR) is 105 cm³/mol. The Labute approximate surface area is 160 Å². The molecule has 0 aliphatic carbocycles. The summed E-state index contributed by atoms with van der Waals surface area (Å²) in [5, 5.41) is 0. The number of hydrogen-bond acceptors (Lipinski definition) is 4.